The van der Waals surface area contributed by atoms with Crippen LogP contribution in [0.25, 0.3) is 0 Å². The number of Topliss-reactive ketones (excluding diaryl/α,β-unsaturated/α-hetero) is 1. The van der Waals surface area contributed by atoms with Gasteiger partial charge in [-0.1, -0.05) is 30.3 Å². The number of hydrogen-bond donors (Lipinski definition) is 0. The van der Waals surface area contributed by atoms with E-state index in [1.807, 2.05) is 0 Å². The molecule has 1 heterocycles. The summed E-state index contributed by atoms with van der Waals surface area (Å²) in [5.41, 5.74) is 0.623. The number of hydrogen-bond acceptors (Lipinski definition) is 6. The van der Waals surface area contributed by atoms with Gasteiger partial charge in [-0.25, -0.2) is 0 Å². The number of fused-ring (bicyclic) bond motifs is 2. The van der Waals surface area contributed by atoms with Crippen LogP contribution in [-0.4, -0.2) is 17.8 Å². The minimum absolute atomic E-state index is 0.0477. The zero-order valence-corrected chi connectivity index (χ0v) is 14.9. The quantitative estimate of drug-likeness (QED) is 0.473. The lowest BCUT2D eigenvalue weighted by Crippen LogP contribution is -2.05. The van der Waals surface area contributed by atoms with Gasteiger partial charge in [0.15, 0.2) is 17.3 Å². The summed E-state index contributed by atoms with van der Waals surface area (Å²) in [5, 5.41) is 11.4. The molecule has 0 spiro atoms. The van der Waals surface area contributed by atoms with E-state index in [0.717, 1.165) is 0 Å². The number of methoxy groups -OCH3 is 1. The van der Waals surface area contributed by atoms with E-state index in [2.05, 4.69) is 0 Å². The lowest BCUT2D eigenvalue weighted by atomic mass is 10.0. The first-order valence-electron chi connectivity index (χ1n) is 8.49. The van der Waals surface area contributed by atoms with Crippen LogP contribution in [-0.2, 0) is 6.42 Å². The van der Waals surface area contributed by atoms with Crippen LogP contribution in [0, 0.1) is 10.1 Å². The molecule has 3 aromatic carbocycles. The van der Waals surface area contributed by atoms with Crippen LogP contribution in [0.1, 0.15) is 15.9 Å². The summed E-state index contributed by atoms with van der Waals surface area (Å²) in [6.45, 7) is 0. The highest BCUT2D eigenvalue weighted by atomic mass is 16.6. The second-order valence-corrected chi connectivity index (χ2v) is 6.14. The number of ketones is 1. The SMILES string of the molecule is COc1ccccc1Oc1cc([N+](=O)[O-])cc2c1C(=O)Cc1ccccc1O2. The van der Waals surface area contributed by atoms with E-state index in [1.165, 1.54) is 19.2 Å². The first kappa shape index (κ1) is 17.5. The largest absolute Gasteiger partial charge is 0.493 e. The number of ether oxygens (including phenoxy) is 3. The zero-order valence-electron chi connectivity index (χ0n) is 14.9. The van der Waals surface area contributed by atoms with Gasteiger partial charge in [0.05, 0.1) is 24.2 Å². The van der Waals surface area contributed by atoms with Crippen LogP contribution in [0.4, 0.5) is 5.69 Å². The average molecular weight is 377 g/mol. The van der Waals surface area contributed by atoms with Gasteiger partial charge in [-0.15, -0.1) is 0 Å². The van der Waals surface area contributed by atoms with Gasteiger partial charge in [-0.3, -0.25) is 14.9 Å². The molecule has 1 aliphatic heterocycles. The van der Waals surface area contributed by atoms with Gasteiger partial charge in [-0.05, 0) is 18.2 Å². The smallest absolute Gasteiger partial charge is 0.276 e. The Morgan fingerprint density at radius 1 is 0.964 bits per heavy atom. The third-order valence-electron chi connectivity index (χ3n) is 4.37. The molecule has 0 N–H and O–H groups in total. The summed E-state index contributed by atoms with van der Waals surface area (Å²) >= 11 is 0. The van der Waals surface area contributed by atoms with Crippen molar-refractivity contribution >= 4 is 11.5 Å². The Morgan fingerprint density at radius 3 is 2.43 bits per heavy atom. The third-order valence-corrected chi connectivity index (χ3v) is 4.37. The van der Waals surface area contributed by atoms with Crippen LogP contribution in [0.5, 0.6) is 28.7 Å². The standard InChI is InChI=1S/C21H15NO6/c1-26-17-8-4-5-9-18(17)28-20-12-14(22(24)25)11-19-21(20)15(23)10-13-6-2-3-7-16(13)27-19/h2-9,11-12H,10H2,1H3. The van der Waals surface area contributed by atoms with E-state index < -0.39 is 4.92 Å². The molecule has 4 rings (SSSR count). The molecular weight excluding hydrogens is 362 g/mol. The molecule has 0 saturated heterocycles. The van der Waals surface area contributed by atoms with Crippen molar-refractivity contribution in [2.75, 3.05) is 7.11 Å². The molecule has 1 aliphatic rings. The fourth-order valence-corrected chi connectivity index (χ4v) is 3.07. The lowest BCUT2D eigenvalue weighted by Gasteiger charge is -2.14. The predicted octanol–water partition coefficient (Wildman–Crippen LogP) is 4.93. The average Bonchev–Trinajstić information content (AvgIpc) is 2.83. The van der Waals surface area contributed by atoms with E-state index in [4.69, 9.17) is 14.2 Å². The second-order valence-electron chi connectivity index (χ2n) is 6.14. The number of nitrogens with zero attached hydrogens (tertiary/aromatic N) is 1. The van der Waals surface area contributed by atoms with E-state index >= 15 is 0 Å². The molecule has 3 aromatic rings. The monoisotopic (exact) mass is 377 g/mol. The number of para-hydroxylation sites is 3. The number of nitro benzene ring substituents is 1. The van der Waals surface area contributed by atoms with Gasteiger partial charge in [0, 0.05) is 12.0 Å². The van der Waals surface area contributed by atoms with E-state index in [0.29, 0.717) is 22.8 Å². The second kappa shape index (κ2) is 7.03. The molecule has 7 nitrogen and oxygen atoms in total. The van der Waals surface area contributed by atoms with Gasteiger partial charge in [0.1, 0.15) is 22.8 Å². The Balaban J connectivity index is 1.88. The minimum Gasteiger partial charge on any atom is -0.493 e. The molecule has 28 heavy (non-hydrogen) atoms. The van der Waals surface area contributed by atoms with Crippen LogP contribution in [0.2, 0.25) is 0 Å². The van der Waals surface area contributed by atoms with Crippen LogP contribution < -0.4 is 14.2 Å². The Morgan fingerprint density at radius 2 is 1.68 bits per heavy atom. The highest BCUT2D eigenvalue weighted by molar-refractivity contribution is 6.04. The summed E-state index contributed by atoms with van der Waals surface area (Å²) in [6.07, 6.45) is 0.100. The Hall–Kier alpha value is -3.87. The van der Waals surface area contributed by atoms with Gasteiger partial charge < -0.3 is 14.2 Å². The molecular formula is C21H15NO6. The molecule has 0 bridgehead atoms. The minimum atomic E-state index is -0.556. The lowest BCUT2D eigenvalue weighted by molar-refractivity contribution is -0.385. The summed E-state index contributed by atoms with van der Waals surface area (Å²) in [6, 6.07) is 16.4. The molecule has 140 valence electrons. The van der Waals surface area contributed by atoms with Crippen molar-refractivity contribution in [1.82, 2.24) is 0 Å². The summed E-state index contributed by atoms with van der Waals surface area (Å²) in [5.74, 6) is 1.15. The predicted molar refractivity (Wildman–Crippen MR) is 101 cm³/mol. The molecule has 0 radical (unpaired) electrons. The fraction of sp³-hybridized carbons (Fsp3) is 0.0952. The number of carbonyl (C=O) groups is 1. The number of benzene rings is 3. The summed E-state index contributed by atoms with van der Waals surface area (Å²) < 4.78 is 17.0. The Kier molecular flexibility index (Phi) is 4.41. The first-order valence-corrected chi connectivity index (χ1v) is 8.49. The molecule has 0 fully saturated rings. The molecule has 0 aromatic heterocycles. The summed E-state index contributed by atoms with van der Waals surface area (Å²) in [4.78, 5) is 23.8. The number of carbonyl (C=O) groups excluding carboxylic acids is 1. The number of non-ortho nitro benzene ring substituents is 1. The van der Waals surface area contributed by atoms with Gasteiger partial charge >= 0.3 is 0 Å². The maximum absolute atomic E-state index is 13.0. The van der Waals surface area contributed by atoms with E-state index in [9.17, 15) is 14.9 Å². The van der Waals surface area contributed by atoms with Crippen LogP contribution in [0.3, 0.4) is 0 Å². The van der Waals surface area contributed by atoms with Crippen molar-refractivity contribution in [1.29, 1.82) is 0 Å². The first-order chi connectivity index (χ1) is 13.6. The van der Waals surface area contributed by atoms with Crippen LogP contribution >= 0.6 is 0 Å². The van der Waals surface area contributed by atoms with Gasteiger partial charge in [-0.2, -0.15) is 0 Å². The highest BCUT2D eigenvalue weighted by Crippen LogP contribution is 2.43. The molecule has 0 aliphatic carbocycles. The normalized spacial score (nSPS) is 12.2. The summed E-state index contributed by atoms with van der Waals surface area (Å²) in [7, 11) is 1.49. The highest BCUT2D eigenvalue weighted by Gasteiger charge is 2.29. The topological polar surface area (TPSA) is 87.9 Å². The van der Waals surface area contributed by atoms with E-state index in [1.54, 1.807) is 48.5 Å². The zero-order chi connectivity index (χ0) is 19.7. The number of rotatable bonds is 4. The van der Waals surface area contributed by atoms with Crippen molar-refractivity contribution in [3.63, 3.8) is 0 Å². The van der Waals surface area contributed by atoms with Crippen molar-refractivity contribution in [3.8, 4) is 28.7 Å². The van der Waals surface area contributed by atoms with E-state index in [-0.39, 0.29) is 35.0 Å². The van der Waals surface area contributed by atoms with Crippen molar-refractivity contribution in [2.45, 2.75) is 6.42 Å². The van der Waals surface area contributed by atoms with Crippen molar-refractivity contribution in [3.05, 3.63) is 81.9 Å². The van der Waals surface area contributed by atoms with Crippen LogP contribution in [0.15, 0.2) is 60.7 Å². The fourth-order valence-electron chi connectivity index (χ4n) is 3.07. The molecule has 0 atom stereocenters. The molecule has 7 heteroatoms. The van der Waals surface area contributed by atoms with Gasteiger partial charge in [0.25, 0.3) is 5.69 Å². The van der Waals surface area contributed by atoms with Crippen molar-refractivity contribution in [2.24, 2.45) is 0 Å². The number of nitro groups is 1. The molecule has 0 unspecified atom stereocenters. The molecule has 0 amide bonds. The Bertz CT molecular complexity index is 1090. The Labute approximate surface area is 160 Å². The van der Waals surface area contributed by atoms with Gasteiger partial charge in [0.2, 0.25) is 0 Å². The maximum atomic E-state index is 13.0. The van der Waals surface area contributed by atoms with Crippen molar-refractivity contribution < 1.29 is 23.9 Å². The third kappa shape index (κ3) is 3.14. The maximum Gasteiger partial charge on any atom is 0.276 e. The molecule has 0 saturated carbocycles.